The third-order valence-electron chi connectivity index (χ3n) is 5.45. The molecule has 2 aromatic carbocycles. The second kappa shape index (κ2) is 13.5. The van der Waals surface area contributed by atoms with Crippen LogP contribution in [0.3, 0.4) is 0 Å². The number of amides is 2. The number of hydrogen-bond acceptors (Lipinski definition) is 3. The van der Waals surface area contributed by atoms with Crippen LogP contribution in [-0.4, -0.2) is 43.4 Å². The van der Waals surface area contributed by atoms with Crippen LogP contribution in [0.5, 0.6) is 0 Å². The number of aliphatic carboxylic acids is 1. The van der Waals surface area contributed by atoms with E-state index in [0.29, 0.717) is 19.6 Å². The average molecular weight is 441 g/mol. The van der Waals surface area contributed by atoms with Crippen molar-refractivity contribution in [3.8, 4) is 11.1 Å². The number of carboxylic acid groups (broad SMARTS) is 1. The zero-order valence-electron chi connectivity index (χ0n) is 19.5. The number of hydrogen-bond donors (Lipinski definition) is 2. The normalized spacial score (nSPS) is 11.7. The van der Waals surface area contributed by atoms with Crippen LogP contribution in [0.1, 0.15) is 51.5 Å². The van der Waals surface area contributed by atoms with Crippen LogP contribution in [-0.2, 0) is 16.0 Å². The van der Waals surface area contributed by atoms with Crippen molar-refractivity contribution in [2.24, 2.45) is 0 Å². The first-order chi connectivity index (χ1) is 15.5. The number of nitrogens with zero attached hydrogens (tertiary/aromatic N) is 1. The van der Waals surface area contributed by atoms with Gasteiger partial charge in [-0.1, -0.05) is 69.0 Å². The first kappa shape index (κ1) is 25.4. The molecule has 0 aliphatic carbocycles. The second-order valence-electron chi connectivity index (χ2n) is 7.94. The summed E-state index contributed by atoms with van der Waals surface area (Å²) in [5.41, 5.74) is 3.72. The van der Waals surface area contributed by atoms with Gasteiger partial charge in [-0.25, -0.2) is 9.59 Å². The number of benzene rings is 2. The van der Waals surface area contributed by atoms with Crippen LogP contribution < -0.4 is 10.2 Å². The molecule has 2 rings (SSSR count). The number of carbonyl (C=O) groups is 2. The van der Waals surface area contributed by atoms with Crippen LogP contribution in [0.25, 0.3) is 11.1 Å². The van der Waals surface area contributed by atoms with Crippen LogP contribution >= 0.6 is 0 Å². The predicted molar refractivity (Wildman–Crippen MR) is 129 cm³/mol. The van der Waals surface area contributed by atoms with E-state index in [1.165, 1.54) is 19.3 Å². The molecule has 0 fully saturated rings. The minimum atomic E-state index is -0.953. The predicted octanol–water partition coefficient (Wildman–Crippen LogP) is 5.50. The Hall–Kier alpha value is -2.86. The molecule has 0 bridgehead atoms. The minimum Gasteiger partial charge on any atom is -0.479 e. The lowest BCUT2D eigenvalue weighted by atomic mass is 10.0. The van der Waals surface area contributed by atoms with E-state index in [1.54, 1.807) is 18.9 Å². The number of carboxylic acids is 1. The van der Waals surface area contributed by atoms with E-state index in [-0.39, 0.29) is 6.03 Å². The largest absolute Gasteiger partial charge is 0.479 e. The van der Waals surface area contributed by atoms with Crippen molar-refractivity contribution in [2.75, 3.05) is 25.1 Å². The summed E-state index contributed by atoms with van der Waals surface area (Å²) < 4.78 is 5.30. The highest BCUT2D eigenvalue weighted by Gasteiger charge is 2.18. The van der Waals surface area contributed by atoms with E-state index in [0.717, 1.165) is 35.2 Å². The summed E-state index contributed by atoms with van der Waals surface area (Å²) in [7, 11) is 1.77. The molecular weight excluding hydrogens is 404 g/mol. The van der Waals surface area contributed by atoms with Gasteiger partial charge in [-0.2, -0.15) is 0 Å². The van der Waals surface area contributed by atoms with Crippen LogP contribution in [0.2, 0.25) is 0 Å². The maximum Gasteiger partial charge on any atom is 0.333 e. The number of anilines is 1. The Bertz CT molecular complexity index is 851. The Morgan fingerprint density at radius 2 is 1.72 bits per heavy atom. The quantitative estimate of drug-likeness (QED) is 0.403. The van der Waals surface area contributed by atoms with Crippen molar-refractivity contribution in [3.05, 3.63) is 54.1 Å². The lowest BCUT2D eigenvalue weighted by molar-refractivity contribution is -0.149. The van der Waals surface area contributed by atoms with E-state index >= 15 is 0 Å². The van der Waals surface area contributed by atoms with Crippen molar-refractivity contribution in [2.45, 2.75) is 58.5 Å². The summed E-state index contributed by atoms with van der Waals surface area (Å²) in [6.07, 6.45) is 5.29. The van der Waals surface area contributed by atoms with Gasteiger partial charge in [0.1, 0.15) is 0 Å². The molecule has 0 saturated carbocycles. The molecular formula is C26H36N2O4. The smallest absolute Gasteiger partial charge is 0.333 e. The molecule has 0 aliphatic heterocycles. The Labute approximate surface area is 191 Å². The fraction of sp³-hybridized carbons (Fsp3) is 0.462. The summed E-state index contributed by atoms with van der Waals surface area (Å²) in [6.45, 7) is 5.03. The van der Waals surface area contributed by atoms with Gasteiger partial charge in [0.15, 0.2) is 6.10 Å². The van der Waals surface area contributed by atoms with Gasteiger partial charge in [-0.15, -0.1) is 0 Å². The van der Waals surface area contributed by atoms with Gasteiger partial charge in [0.25, 0.3) is 0 Å². The van der Waals surface area contributed by atoms with Gasteiger partial charge in [0.2, 0.25) is 0 Å². The number of urea groups is 1. The summed E-state index contributed by atoms with van der Waals surface area (Å²) in [5, 5.41) is 12.3. The van der Waals surface area contributed by atoms with Crippen molar-refractivity contribution in [3.63, 3.8) is 0 Å². The maximum absolute atomic E-state index is 12.5. The molecule has 0 aliphatic rings. The minimum absolute atomic E-state index is 0.108. The third kappa shape index (κ3) is 8.00. The van der Waals surface area contributed by atoms with Crippen LogP contribution in [0.15, 0.2) is 48.5 Å². The maximum atomic E-state index is 12.5. The van der Waals surface area contributed by atoms with E-state index in [1.807, 2.05) is 48.5 Å². The lowest BCUT2D eigenvalue weighted by Gasteiger charge is -2.19. The molecule has 6 heteroatoms. The number of unbranched alkanes of at least 4 members (excludes halogenated alkanes) is 4. The molecule has 2 N–H and O–H groups in total. The molecule has 174 valence electrons. The molecule has 0 spiro atoms. The zero-order valence-corrected chi connectivity index (χ0v) is 19.5. The lowest BCUT2D eigenvalue weighted by Crippen LogP contribution is -2.37. The summed E-state index contributed by atoms with van der Waals surface area (Å²) in [4.78, 5) is 25.4. The first-order valence-corrected chi connectivity index (χ1v) is 11.5. The van der Waals surface area contributed by atoms with Crippen molar-refractivity contribution < 1.29 is 19.4 Å². The Kier molecular flexibility index (Phi) is 10.7. The number of ether oxygens (including phenoxy) is 1. The fourth-order valence-corrected chi connectivity index (χ4v) is 3.52. The molecule has 6 nitrogen and oxygen atoms in total. The highest BCUT2D eigenvalue weighted by molar-refractivity contribution is 5.92. The van der Waals surface area contributed by atoms with Crippen molar-refractivity contribution in [1.82, 2.24) is 5.32 Å². The molecule has 0 radical (unpaired) electrons. The van der Waals surface area contributed by atoms with Crippen LogP contribution in [0, 0.1) is 0 Å². The summed E-state index contributed by atoms with van der Waals surface area (Å²) in [5.74, 6) is -0.953. The van der Waals surface area contributed by atoms with Crippen molar-refractivity contribution in [1.29, 1.82) is 0 Å². The van der Waals surface area contributed by atoms with Gasteiger partial charge in [-0.05, 0) is 42.2 Å². The Morgan fingerprint density at radius 3 is 2.38 bits per heavy atom. The first-order valence-electron chi connectivity index (χ1n) is 11.5. The monoisotopic (exact) mass is 440 g/mol. The highest BCUT2D eigenvalue weighted by Crippen LogP contribution is 2.25. The molecule has 0 heterocycles. The van der Waals surface area contributed by atoms with E-state index in [4.69, 9.17) is 4.74 Å². The molecule has 0 saturated heterocycles. The van der Waals surface area contributed by atoms with E-state index in [9.17, 15) is 14.7 Å². The molecule has 0 aromatic heterocycles. The zero-order chi connectivity index (χ0) is 23.3. The van der Waals surface area contributed by atoms with E-state index < -0.39 is 12.1 Å². The Morgan fingerprint density at radius 1 is 1.00 bits per heavy atom. The molecule has 32 heavy (non-hydrogen) atoms. The highest BCUT2D eigenvalue weighted by atomic mass is 16.5. The third-order valence-corrected chi connectivity index (χ3v) is 5.45. The fourth-order valence-electron chi connectivity index (χ4n) is 3.52. The summed E-state index contributed by atoms with van der Waals surface area (Å²) >= 11 is 0. The van der Waals surface area contributed by atoms with Crippen molar-refractivity contribution >= 4 is 17.7 Å². The molecule has 1 atom stereocenters. The van der Waals surface area contributed by atoms with Gasteiger partial charge in [-0.3, -0.25) is 4.90 Å². The standard InChI is InChI=1S/C26H36N2O4/c1-4-6-7-8-9-17-27-26(31)28(3)23-12-10-11-22(19-23)21-15-13-20(14-16-21)18-24(25(29)30)32-5-2/h10-16,19,24H,4-9,17-18H2,1-3H3,(H,27,31)(H,29,30). The summed E-state index contributed by atoms with van der Waals surface area (Å²) in [6, 6.07) is 15.5. The van der Waals surface area contributed by atoms with Crippen LogP contribution in [0.4, 0.5) is 10.5 Å². The topological polar surface area (TPSA) is 78.9 Å². The van der Waals surface area contributed by atoms with Gasteiger partial charge in [0.05, 0.1) is 0 Å². The van der Waals surface area contributed by atoms with E-state index in [2.05, 4.69) is 12.2 Å². The molecule has 1 unspecified atom stereocenters. The van der Waals surface area contributed by atoms with Gasteiger partial charge >= 0.3 is 12.0 Å². The molecule has 2 amide bonds. The van der Waals surface area contributed by atoms with Gasteiger partial charge < -0.3 is 15.2 Å². The number of nitrogens with one attached hydrogen (secondary N) is 1. The average Bonchev–Trinajstić information content (AvgIpc) is 2.81. The van der Waals surface area contributed by atoms with Gasteiger partial charge in [0, 0.05) is 32.3 Å². The molecule has 2 aromatic rings. The SMILES string of the molecule is CCCCCCCNC(=O)N(C)c1cccc(-c2ccc(CC(OCC)C(=O)O)cc2)c1. The second-order valence-corrected chi connectivity index (χ2v) is 7.94. The Balaban J connectivity index is 1.98. The number of carbonyl (C=O) groups excluding carboxylic acids is 1. The number of rotatable bonds is 13.